The molecule has 0 saturated carbocycles. The zero-order valence-electron chi connectivity index (χ0n) is 8.52. The van der Waals surface area contributed by atoms with Crippen LogP contribution in [0, 0.1) is 0 Å². The van der Waals surface area contributed by atoms with Crippen molar-refractivity contribution >= 4 is 21.6 Å². The van der Waals surface area contributed by atoms with Crippen molar-refractivity contribution in [2.24, 2.45) is 5.16 Å². The highest BCUT2D eigenvalue weighted by molar-refractivity contribution is 9.10. The predicted octanol–water partition coefficient (Wildman–Crippen LogP) is 3.20. The number of nitrogens with zero attached hydrogens (tertiary/aromatic N) is 1. The summed E-state index contributed by atoms with van der Waals surface area (Å²) in [6, 6.07) is 11.6. The van der Waals surface area contributed by atoms with E-state index in [4.69, 9.17) is 5.21 Å². The van der Waals surface area contributed by atoms with Gasteiger partial charge < -0.3 is 10.2 Å². The van der Waals surface area contributed by atoms with Crippen LogP contribution in [0.25, 0.3) is 0 Å². The zero-order chi connectivity index (χ0) is 11.4. The number of rotatable bonds is 3. The normalized spacial score (nSPS) is 11.7. The van der Waals surface area contributed by atoms with Crippen LogP contribution in [0.5, 0.6) is 0 Å². The Labute approximate surface area is 102 Å². The summed E-state index contributed by atoms with van der Waals surface area (Å²) in [6.07, 6.45) is 2.44. The van der Waals surface area contributed by atoms with Gasteiger partial charge >= 0.3 is 0 Å². The van der Waals surface area contributed by atoms with Crippen molar-refractivity contribution in [3.8, 4) is 0 Å². The van der Waals surface area contributed by atoms with Crippen LogP contribution in [-0.4, -0.2) is 15.9 Å². The Kier molecular flexibility index (Phi) is 3.41. The molecule has 2 N–H and O–H groups in total. The molecule has 16 heavy (non-hydrogen) atoms. The molecule has 82 valence electrons. The molecule has 1 aromatic carbocycles. The van der Waals surface area contributed by atoms with Gasteiger partial charge in [0.15, 0.2) is 0 Å². The molecular weight excluding hydrogens is 268 g/mol. The second kappa shape index (κ2) is 4.99. The van der Waals surface area contributed by atoms with Gasteiger partial charge in [-0.1, -0.05) is 33.2 Å². The zero-order valence-corrected chi connectivity index (χ0v) is 10.1. The highest BCUT2D eigenvalue weighted by atomic mass is 79.9. The lowest BCUT2D eigenvalue weighted by Crippen LogP contribution is -2.05. The first kappa shape index (κ1) is 11.0. The minimum absolute atomic E-state index is 0.588. The Morgan fingerprint density at radius 3 is 2.56 bits per heavy atom. The number of halogens is 1. The summed E-state index contributed by atoms with van der Waals surface area (Å²) in [6.45, 7) is 0. The van der Waals surface area contributed by atoms with Crippen molar-refractivity contribution in [1.29, 1.82) is 0 Å². The number of hydrogen-bond acceptors (Lipinski definition) is 2. The summed E-state index contributed by atoms with van der Waals surface area (Å²) in [7, 11) is 0. The summed E-state index contributed by atoms with van der Waals surface area (Å²) in [5.74, 6) is 0. The maximum Gasteiger partial charge on any atom is 0.0926 e. The molecule has 0 aliphatic rings. The number of oxime groups is 1. The van der Waals surface area contributed by atoms with Gasteiger partial charge in [0.2, 0.25) is 0 Å². The third-order valence-corrected chi connectivity index (χ3v) is 2.85. The van der Waals surface area contributed by atoms with Crippen LogP contribution in [0.2, 0.25) is 0 Å². The molecule has 2 rings (SSSR count). The highest BCUT2D eigenvalue weighted by Crippen LogP contribution is 2.13. The average molecular weight is 279 g/mol. The summed E-state index contributed by atoms with van der Waals surface area (Å²) in [4.78, 5) is 3.08. The molecular formula is C12H11BrN2O. The van der Waals surface area contributed by atoms with Crippen molar-refractivity contribution in [1.82, 2.24) is 4.98 Å². The average Bonchev–Trinajstić information content (AvgIpc) is 2.80. The minimum atomic E-state index is 0.588. The van der Waals surface area contributed by atoms with Gasteiger partial charge in [0, 0.05) is 22.8 Å². The van der Waals surface area contributed by atoms with Crippen molar-refractivity contribution < 1.29 is 5.21 Å². The largest absolute Gasteiger partial charge is 0.411 e. The van der Waals surface area contributed by atoms with Gasteiger partial charge in [-0.05, 0) is 29.8 Å². The van der Waals surface area contributed by atoms with Crippen LogP contribution in [0.3, 0.4) is 0 Å². The Morgan fingerprint density at radius 2 is 2.00 bits per heavy atom. The molecule has 0 bridgehead atoms. The molecule has 0 amide bonds. The fourth-order valence-corrected chi connectivity index (χ4v) is 1.76. The van der Waals surface area contributed by atoms with E-state index in [0.717, 1.165) is 15.7 Å². The van der Waals surface area contributed by atoms with E-state index in [1.165, 1.54) is 0 Å². The number of aromatic nitrogens is 1. The Bertz CT molecular complexity index is 474. The van der Waals surface area contributed by atoms with Gasteiger partial charge in [-0.3, -0.25) is 0 Å². The van der Waals surface area contributed by atoms with Crippen molar-refractivity contribution in [3.63, 3.8) is 0 Å². The summed E-state index contributed by atoms with van der Waals surface area (Å²) >= 11 is 3.37. The Hall–Kier alpha value is -1.55. The lowest BCUT2D eigenvalue weighted by molar-refractivity contribution is 0.318. The number of nitrogens with one attached hydrogen (secondary N) is 1. The molecule has 4 heteroatoms. The van der Waals surface area contributed by atoms with Gasteiger partial charge in [-0.15, -0.1) is 0 Å². The maximum absolute atomic E-state index is 9.01. The van der Waals surface area contributed by atoms with E-state index in [-0.39, 0.29) is 0 Å². The maximum atomic E-state index is 9.01. The van der Waals surface area contributed by atoms with Gasteiger partial charge in [-0.25, -0.2) is 0 Å². The summed E-state index contributed by atoms with van der Waals surface area (Å²) in [5.41, 5.74) is 2.59. The monoisotopic (exact) mass is 278 g/mol. The second-order valence-electron chi connectivity index (χ2n) is 3.43. The molecule has 1 aromatic heterocycles. The molecule has 0 fully saturated rings. The number of H-pyrrole nitrogens is 1. The molecule has 0 spiro atoms. The van der Waals surface area contributed by atoms with Crippen molar-refractivity contribution in [2.45, 2.75) is 6.42 Å². The second-order valence-corrected chi connectivity index (χ2v) is 4.34. The predicted molar refractivity (Wildman–Crippen MR) is 67.0 cm³/mol. The molecule has 3 nitrogen and oxygen atoms in total. The fourth-order valence-electron chi connectivity index (χ4n) is 1.50. The van der Waals surface area contributed by atoms with E-state index in [2.05, 4.69) is 26.1 Å². The van der Waals surface area contributed by atoms with E-state index in [1.54, 1.807) is 0 Å². The van der Waals surface area contributed by atoms with E-state index in [0.29, 0.717) is 12.1 Å². The van der Waals surface area contributed by atoms with E-state index >= 15 is 0 Å². The van der Waals surface area contributed by atoms with Crippen molar-refractivity contribution in [2.75, 3.05) is 0 Å². The van der Waals surface area contributed by atoms with Crippen LogP contribution in [0.4, 0.5) is 0 Å². The lowest BCUT2D eigenvalue weighted by atomic mass is 10.1. The third-order valence-electron chi connectivity index (χ3n) is 2.32. The van der Waals surface area contributed by atoms with Crippen molar-refractivity contribution in [3.05, 3.63) is 58.3 Å². The summed E-state index contributed by atoms with van der Waals surface area (Å²) < 4.78 is 1.01. The smallest absolute Gasteiger partial charge is 0.0926 e. The van der Waals surface area contributed by atoms with Gasteiger partial charge in [0.25, 0.3) is 0 Å². The molecule has 0 aliphatic carbocycles. The molecule has 0 saturated heterocycles. The standard InChI is InChI=1S/C12H11BrN2O/c13-10-5-3-9(4-6-10)12(15-16)8-11-2-1-7-14-11/h1-7,14,16H,8H2/b15-12-. The third kappa shape index (κ3) is 2.52. The Balaban J connectivity index is 2.20. The SMILES string of the molecule is O/N=C(/Cc1ccc[nH]1)c1ccc(Br)cc1. The first-order valence-electron chi connectivity index (χ1n) is 4.89. The first-order chi connectivity index (χ1) is 7.79. The minimum Gasteiger partial charge on any atom is -0.411 e. The van der Waals surface area contributed by atoms with Gasteiger partial charge in [0.1, 0.15) is 0 Å². The molecule has 1 heterocycles. The van der Waals surface area contributed by atoms with Gasteiger partial charge in [0.05, 0.1) is 5.71 Å². The first-order valence-corrected chi connectivity index (χ1v) is 5.68. The van der Waals surface area contributed by atoms with Crippen LogP contribution in [-0.2, 0) is 6.42 Å². The number of hydrogen-bond donors (Lipinski definition) is 2. The van der Waals surface area contributed by atoms with Crippen LogP contribution in [0.15, 0.2) is 52.2 Å². The van der Waals surface area contributed by atoms with Crippen LogP contribution >= 0.6 is 15.9 Å². The summed E-state index contributed by atoms with van der Waals surface area (Å²) in [5, 5.41) is 12.4. The quantitative estimate of drug-likeness (QED) is 0.506. The lowest BCUT2D eigenvalue weighted by Gasteiger charge is -2.03. The molecule has 0 radical (unpaired) electrons. The van der Waals surface area contributed by atoms with Gasteiger partial charge in [-0.2, -0.15) is 0 Å². The van der Waals surface area contributed by atoms with Crippen LogP contribution in [0.1, 0.15) is 11.3 Å². The fraction of sp³-hybridized carbons (Fsp3) is 0.0833. The molecule has 0 atom stereocenters. The number of benzene rings is 1. The van der Waals surface area contributed by atoms with E-state index in [9.17, 15) is 0 Å². The highest BCUT2D eigenvalue weighted by Gasteiger charge is 2.06. The van der Waals surface area contributed by atoms with Crippen LogP contribution < -0.4 is 0 Å². The Morgan fingerprint density at radius 1 is 1.25 bits per heavy atom. The van der Waals surface area contributed by atoms with E-state index in [1.807, 2.05) is 42.6 Å². The molecule has 2 aromatic rings. The topological polar surface area (TPSA) is 48.4 Å². The van der Waals surface area contributed by atoms with E-state index < -0.39 is 0 Å². The number of aromatic amines is 1. The molecule has 0 unspecified atom stereocenters. The molecule has 0 aliphatic heterocycles.